The minimum Gasteiger partial charge on any atom is -0.442 e. The highest BCUT2D eigenvalue weighted by Crippen LogP contribution is 2.34. The first-order valence-electron chi connectivity index (χ1n) is 8.52. The van der Waals surface area contributed by atoms with E-state index >= 15 is 0 Å². The van der Waals surface area contributed by atoms with E-state index in [0.717, 1.165) is 12.1 Å². The smallest absolute Gasteiger partial charge is 0.416 e. The van der Waals surface area contributed by atoms with Crippen LogP contribution in [0.2, 0.25) is 5.02 Å². The van der Waals surface area contributed by atoms with Crippen molar-refractivity contribution in [2.45, 2.75) is 19.2 Å². The monoisotopic (exact) mass is 438 g/mol. The van der Waals surface area contributed by atoms with Gasteiger partial charge in [0.2, 0.25) is 6.10 Å². The number of amides is 1. The number of hydrogen-bond donors (Lipinski definition) is 1. The zero-order chi connectivity index (χ0) is 21.9. The number of carbonyl (C=O) groups is 2. The van der Waals surface area contributed by atoms with Crippen molar-refractivity contribution in [3.63, 3.8) is 0 Å². The van der Waals surface area contributed by atoms with Gasteiger partial charge < -0.3 is 14.6 Å². The second-order valence-corrected chi connectivity index (χ2v) is 6.61. The Bertz CT molecular complexity index is 1070. The number of ether oxygens (including phenoxy) is 1. The van der Waals surface area contributed by atoms with Gasteiger partial charge in [-0.2, -0.15) is 13.2 Å². The van der Waals surface area contributed by atoms with E-state index < -0.39 is 29.7 Å². The molecule has 1 aromatic heterocycles. The lowest BCUT2D eigenvalue weighted by atomic mass is 10.1. The Morgan fingerprint density at radius 2 is 1.83 bits per heavy atom. The Kier molecular flexibility index (Phi) is 6.12. The van der Waals surface area contributed by atoms with Gasteiger partial charge in [-0.05, 0) is 25.1 Å². The van der Waals surface area contributed by atoms with Gasteiger partial charge in [-0.25, -0.2) is 4.79 Å². The quantitative estimate of drug-likeness (QED) is 0.554. The first-order valence-corrected chi connectivity index (χ1v) is 8.90. The normalized spacial score (nSPS) is 12.3. The van der Waals surface area contributed by atoms with E-state index in [-0.39, 0.29) is 16.4 Å². The number of aromatic nitrogens is 1. The molecule has 0 radical (unpaired) electrons. The van der Waals surface area contributed by atoms with E-state index in [0.29, 0.717) is 17.4 Å². The Morgan fingerprint density at radius 1 is 1.13 bits per heavy atom. The van der Waals surface area contributed by atoms with Gasteiger partial charge in [0.1, 0.15) is 5.76 Å². The largest absolute Gasteiger partial charge is 0.442 e. The Labute approximate surface area is 173 Å². The summed E-state index contributed by atoms with van der Waals surface area (Å²) in [5.74, 6) is -1.47. The molecule has 3 rings (SSSR count). The van der Waals surface area contributed by atoms with E-state index in [1.807, 2.05) is 0 Å². The fourth-order valence-electron chi connectivity index (χ4n) is 2.53. The molecule has 0 spiro atoms. The van der Waals surface area contributed by atoms with Crippen molar-refractivity contribution in [3.05, 3.63) is 82.2 Å². The predicted molar refractivity (Wildman–Crippen MR) is 101 cm³/mol. The fourth-order valence-corrected chi connectivity index (χ4v) is 2.69. The lowest BCUT2D eigenvalue weighted by Crippen LogP contribution is -2.26. The van der Waals surface area contributed by atoms with Crippen LogP contribution in [0.1, 0.15) is 33.5 Å². The maximum atomic E-state index is 13.0. The maximum absolute atomic E-state index is 13.0. The fraction of sp³-hybridized carbons (Fsp3) is 0.150. The molecule has 6 nitrogen and oxygen atoms in total. The van der Waals surface area contributed by atoms with Crippen molar-refractivity contribution in [3.8, 4) is 0 Å². The number of nitrogens with zero attached hydrogens (tertiary/aromatic N) is 1. The van der Waals surface area contributed by atoms with E-state index in [4.69, 9.17) is 20.9 Å². The molecule has 10 heteroatoms. The molecule has 1 N–H and O–H groups in total. The van der Waals surface area contributed by atoms with Crippen molar-refractivity contribution in [2.24, 2.45) is 0 Å². The number of alkyl halides is 3. The molecule has 0 aliphatic carbocycles. The standard InChI is InChI=1S/C20H14ClF3N2O4/c1-11-9-16(26-30-11)19(28)29-17(12-5-3-2-4-6-12)18(27)25-15-10-13(20(22,23)24)7-8-14(15)21/h2-10,17H,1H3,(H,25,27). The second kappa shape index (κ2) is 8.58. The number of halogens is 4. The predicted octanol–water partition coefficient (Wildman–Crippen LogP) is 5.19. The molecule has 0 aliphatic heterocycles. The van der Waals surface area contributed by atoms with Crippen LogP contribution in [0.25, 0.3) is 0 Å². The summed E-state index contributed by atoms with van der Waals surface area (Å²) >= 11 is 5.93. The van der Waals surface area contributed by atoms with Crippen molar-refractivity contribution >= 4 is 29.2 Å². The van der Waals surface area contributed by atoms with Crippen LogP contribution in [-0.2, 0) is 15.7 Å². The topological polar surface area (TPSA) is 81.4 Å². The summed E-state index contributed by atoms with van der Waals surface area (Å²) in [4.78, 5) is 25.2. The van der Waals surface area contributed by atoms with Crippen LogP contribution in [0.4, 0.5) is 18.9 Å². The highest BCUT2D eigenvalue weighted by Gasteiger charge is 2.32. The molecule has 1 amide bonds. The summed E-state index contributed by atoms with van der Waals surface area (Å²) in [5, 5.41) is 5.71. The van der Waals surface area contributed by atoms with Crippen LogP contribution in [0, 0.1) is 6.92 Å². The van der Waals surface area contributed by atoms with Gasteiger partial charge in [-0.15, -0.1) is 0 Å². The Balaban J connectivity index is 1.89. The number of nitrogens with one attached hydrogen (secondary N) is 1. The number of hydrogen-bond acceptors (Lipinski definition) is 5. The second-order valence-electron chi connectivity index (χ2n) is 6.20. The van der Waals surface area contributed by atoms with Crippen molar-refractivity contribution in [1.82, 2.24) is 5.16 Å². The average molecular weight is 439 g/mol. The summed E-state index contributed by atoms with van der Waals surface area (Å²) in [7, 11) is 0. The molecule has 0 saturated carbocycles. The van der Waals surface area contributed by atoms with Gasteiger partial charge in [-0.1, -0.05) is 47.1 Å². The summed E-state index contributed by atoms with van der Waals surface area (Å²) in [6.07, 6.45) is -6.10. The molecule has 30 heavy (non-hydrogen) atoms. The molecule has 0 aliphatic rings. The van der Waals surface area contributed by atoms with Crippen LogP contribution in [0.15, 0.2) is 59.1 Å². The molecule has 2 aromatic carbocycles. The highest BCUT2D eigenvalue weighted by atomic mass is 35.5. The zero-order valence-electron chi connectivity index (χ0n) is 15.4. The Hall–Kier alpha value is -3.33. The third kappa shape index (κ3) is 4.98. The number of anilines is 1. The molecule has 0 saturated heterocycles. The van der Waals surface area contributed by atoms with Crippen molar-refractivity contribution in [1.29, 1.82) is 0 Å². The number of carbonyl (C=O) groups excluding carboxylic acids is 2. The summed E-state index contributed by atoms with van der Waals surface area (Å²) < 4.78 is 49.0. The van der Waals surface area contributed by atoms with Gasteiger partial charge in [0.25, 0.3) is 5.91 Å². The summed E-state index contributed by atoms with van der Waals surface area (Å²) in [5.41, 5.74) is -1.12. The molecule has 1 heterocycles. The van der Waals surface area contributed by atoms with E-state index in [9.17, 15) is 22.8 Å². The lowest BCUT2D eigenvalue weighted by molar-refractivity contribution is -0.137. The van der Waals surface area contributed by atoms with Crippen LogP contribution in [-0.4, -0.2) is 17.0 Å². The van der Waals surface area contributed by atoms with E-state index in [2.05, 4.69) is 10.5 Å². The van der Waals surface area contributed by atoms with Gasteiger partial charge in [0, 0.05) is 11.6 Å². The van der Waals surface area contributed by atoms with Gasteiger partial charge in [0.15, 0.2) is 5.69 Å². The first-order chi connectivity index (χ1) is 14.1. The van der Waals surface area contributed by atoms with Gasteiger partial charge >= 0.3 is 12.1 Å². The zero-order valence-corrected chi connectivity index (χ0v) is 16.1. The molecule has 1 atom stereocenters. The number of aryl methyl sites for hydroxylation is 1. The molecule has 1 unspecified atom stereocenters. The summed E-state index contributed by atoms with van der Waals surface area (Å²) in [6, 6.07) is 11.8. The van der Waals surface area contributed by atoms with E-state index in [1.54, 1.807) is 25.1 Å². The average Bonchev–Trinajstić information content (AvgIpc) is 3.14. The summed E-state index contributed by atoms with van der Waals surface area (Å²) in [6.45, 7) is 1.57. The van der Waals surface area contributed by atoms with Gasteiger partial charge in [0.05, 0.1) is 16.3 Å². The number of benzene rings is 2. The third-order valence-electron chi connectivity index (χ3n) is 3.95. The van der Waals surface area contributed by atoms with Crippen LogP contribution in [0.3, 0.4) is 0 Å². The molecule has 0 fully saturated rings. The Morgan fingerprint density at radius 3 is 2.43 bits per heavy atom. The van der Waals surface area contributed by atoms with Crippen molar-refractivity contribution < 1.29 is 32.0 Å². The van der Waals surface area contributed by atoms with Crippen LogP contribution < -0.4 is 5.32 Å². The molecule has 3 aromatic rings. The molecule has 156 valence electrons. The SMILES string of the molecule is Cc1cc(C(=O)OC(C(=O)Nc2cc(C(F)(F)F)ccc2Cl)c2ccccc2)no1. The van der Waals surface area contributed by atoms with E-state index in [1.165, 1.54) is 18.2 Å². The first kappa shape index (κ1) is 21.4. The number of esters is 1. The lowest BCUT2D eigenvalue weighted by Gasteiger charge is -2.18. The number of rotatable bonds is 5. The van der Waals surface area contributed by atoms with Crippen molar-refractivity contribution in [2.75, 3.05) is 5.32 Å². The van der Waals surface area contributed by atoms with Gasteiger partial charge in [-0.3, -0.25) is 4.79 Å². The molecular formula is C20H14ClF3N2O4. The maximum Gasteiger partial charge on any atom is 0.416 e. The minimum absolute atomic E-state index is 0.110. The molecule has 0 bridgehead atoms. The molecular weight excluding hydrogens is 425 g/mol. The van der Waals surface area contributed by atoms with Crippen LogP contribution >= 0.6 is 11.6 Å². The highest BCUT2D eigenvalue weighted by molar-refractivity contribution is 6.33. The van der Waals surface area contributed by atoms with Crippen LogP contribution in [0.5, 0.6) is 0 Å². The minimum atomic E-state index is -4.62. The third-order valence-corrected chi connectivity index (χ3v) is 4.28.